The number of benzene rings is 3. The molecule has 114 valence electrons. The van der Waals surface area contributed by atoms with Gasteiger partial charge >= 0.3 is 0 Å². The number of hydrogen-bond donors (Lipinski definition) is 0. The van der Waals surface area contributed by atoms with Crippen LogP contribution in [0, 0.1) is 13.8 Å². The molecule has 3 aromatic rings. The number of hydrogen-bond acceptors (Lipinski definition) is 0. The molecule has 0 amide bonds. The molecule has 0 radical (unpaired) electrons. The van der Waals surface area contributed by atoms with Gasteiger partial charge in [0.25, 0.3) is 0 Å². The molecule has 0 nitrogen and oxygen atoms in total. The Kier molecular flexibility index (Phi) is 2.99. The van der Waals surface area contributed by atoms with E-state index in [0.29, 0.717) is 0 Å². The van der Waals surface area contributed by atoms with Crippen molar-refractivity contribution in [2.75, 3.05) is 0 Å². The van der Waals surface area contributed by atoms with Gasteiger partial charge in [-0.25, -0.2) is 0 Å². The van der Waals surface area contributed by atoms with Gasteiger partial charge < -0.3 is 0 Å². The summed E-state index contributed by atoms with van der Waals surface area (Å²) in [6.45, 7) is 9.23. The highest BCUT2D eigenvalue weighted by molar-refractivity contribution is 5.87. The second-order valence-corrected chi connectivity index (χ2v) is 7.13. The first-order valence-electron chi connectivity index (χ1n) is 8.32. The van der Waals surface area contributed by atoms with E-state index in [9.17, 15) is 0 Å². The maximum absolute atomic E-state index is 2.42. The predicted octanol–water partition coefficient (Wildman–Crippen LogP) is 6.28. The van der Waals surface area contributed by atoms with Crippen LogP contribution in [0.1, 0.15) is 36.1 Å². The molecule has 1 aliphatic rings. The van der Waals surface area contributed by atoms with Gasteiger partial charge in [-0.2, -0.15) is 0 Å². The highest BCUT2D eigenvalue weighted by Crippen LogP contribution is 2.51. The van der Waals surface area contributed by atoms with E-state index in [1.54, 1.807) is 0 Å². The van der Waals surface area contributed by atoms with Crippen LogP contribution in [0.25, 0.3) is 22.3 Å². The van der Waals surface area contributed by atoms with Crippen molar-refractivity contribution >= 4 is 0 Å². The lowest BCUT2D eigenvalue weighted by Crippen LogP contribution is -2.15. The SMILES string of the molecule is Cc1c(-c2ccccc2)cc2c(c1C)-c1ccccc1C2(C)C. The highest BCUT2D eigenvalue weighted by Gasteiger charge is 2.36. The zero-order valence-corrected chi connectivity index (χ0v) is 14.3. The van der Waals surface area contributed by atoms with Crippen molar-refractivity contribution in [3.8, 4) is 22.3 Å². The van der Waals surface area contributed by atoms with Crippen molar-refractivity contribution < 1.29 is 0 Å². The molecular weight excluding hydrogens is 276 g/mol. The van der Waals surface area contributed by atoms with Crippen molar-refractivity contribution in [1.29, 1.82) is 0 Å². The first-order chi connectivity index (χ1) is 11.0. The van der Waals surface area contributed by atoms with Gasteiger partial charge in [-0.15, -0.1) is 0 Å². The average Bonchev–Trinajstić information content (AvgIpc) is 2.80. The van der Waals surface area contributed by atoms with Crippen molar-refractivity contribution in [2.24, 2.45) is 0 Å². The molecule has 3 aromatic carbocycles. The Morgan fingerprint density at radius 1 is 0.652 bits per heavy atom. The van der Waals surface area contributed by atoms with Crippen LogP contribution in [0.4, 0.5) is 0 Å². The average molecular weight is 298 g/mol. The summed E-state index contributed by atoms with van der Waals surface area (Å²) in [7, 11) is 0. The fourth-order valence-corrected chi connectivity index (χ4v) is 4.07. The van der Waals surface area contributed by atoms with Crippen molar-refractivity contribution in [2.45, 2.75) is 33.1 Å². The van der Waals surface area contributed by atoms with Crippen molar-refractivity contribution in [3.63, 3.8) is 0 Å². The second kappa shape index (κ2) is 4.83. The molecule has 0 N–H and O–H groups in total. The molecule has 23 heavy (non-hydrogen) atoms. The van der Waals surface area contributed by atoms with E-state index in [0.717, 1.165) is 0 Å². The quantitative estimate of drug-likeness (QED) is 0.496. The smallest absolute Gasteiger partial charge is 0.0159 e. The fraction of sp³-hybridized carbons (Fsp3) is 0.217. The van der Waals surface area contributed by atoms with Gasteiger partial charge in [0, 0.05) is 5.41 Å². The van der Waals surface area contributed by atoms with E-state index in [-0.39, 0.29) is 5.41 Å². The third-order valence-electron chi connectivity index (χ3n) is 5.53. The first kappa shape index (κ1) is 14.3. The topological polar surface area (TPSA) is 0 Å². The second-order valence-electron chi connectivity index (χ2n) is 7.13. The summed E-state index contributed by atoms with van der Waals surface area (Å²) in [6.07, 6.45) is 0. The molecule has 0 heteroatoms. The summed E-state index contributed by atoms with van der Waals surface area (Å²) in [4.78, 5) is 0. The Labute approximate surface area is 138 Å². The summed E-state index contributed by atoms with van der Waals surface area (Å²) in [5.41, 5.74) is 11.3. The zero-order chi connectivity index (χ0) is 16.2. The van der Waals surface area contributed by atoms with Crippen LogP contribution < -0.4 is 0 Å². The summed E-state index contributed by atoms with van der Waals surface area (Å²) in [6, 6.07) is 22.0. The minimum Gasteiger partial charge on any atom is -0.0622 e. The fourth-order valence-electron chi connectivity index (χ4n) is 4.07. The molecule has 0 aliphatic heterocycles. The first-order valence-corrected chi connectivity index (χ1v) is 8.32. The third-order valence-corrected chi connectivity index (χ3v) is 5.53. The van der Waals surface area contributed by atoms with Crippen LogP contribution in [0.15, 0.2) is 60.7 Å². The van der Waals surface area contributed by atoms with Crippen molar-refractivity contribution in [3.05, 3.63) is 82.9 Å². The molecule has 0 saturated carbocycles. The minimum absolute atomic E-state index is 0.0634. The Bertz CT molecular complexity index is 899. The van der Waals surface area contributed by atoms with Crippen LogP contribution in [0.5, 0.6) is 0 Å². The lowest BCUT2D eigenvalue weighted by atomic mass is 9.80. The molecule has 1 aliphatic carbocycles. The van der Waals surface area contributed by atoms with Crippen LogP contribution in [-0.2, 0) is 5.41 Å². The summed E-state index contributed by atoms with van der Waals surface area (Å²) < 4.78 is 0. The van der Waals surface area contributed by atoms with Crippen LogP contribution in [0.2, 0.25) is 0 Å². The molecule has 0 bridgehead atoms. The van der Waals surface area contributed by atoms with Gasteiger partial charge in [-0.1, -0.05) is 68.4 Å². The van der Waals surface area contributed by atoms with E-state index in [4.69, 9.17) is 0 Å². The van der Waals surface area contributed by atoms with Gasteiger partial charge in [-0.05, 0) is 64.4 Å². The molecule has 0 spiro atoms. The molecule has 4 rings (SSSR count). The normalized spacial score (nSPS) is 14.4. The Hall–Kier alpha value is -2.34. The number of fused-ring (bicyclic) bond motifs is 3. The molecule has 0 fully saturated rings. The van der Waals surface area contributed by atoms with Gasteiger partial charge in [0.2, 0.25) is 0 Å². The van der Waals surface area contributed by atoms with Crippen LogP contribution in [0.3, 0.4) is 0 Å². The minimum atomic E-state index is 0.0634. The lowest BCUT2D eigenvalue weighted by Gasteiger charge is -2.23. The third kappa shape index (κ3) is 1.91. The summed E-state index contributed by atoms with van der Waals surface area (Å²) >= 11 is 0. The predicted molar refractivity (Wildman–Crippen MR) is 98.9 cm³/mol. The standard InChI is InChI=1S/C23H22/c1-15-16(2)22-18-12-8-9-13-20(18)23(3,4)21(22)14-19(15)17-10-6-5-7-11-17/h5-14H,1-4H3. The summed E-state index contributed by atoms with van der Waals surface area (Å²) in [5.74, 6) is 0. The largest absolute Gasteiger partial charge is 0.0622 e. The zero-order valence-electron chi connectivity index (χ0n) is 14.3. The molecule has 0 atom stereocenters. The Balaban J connectivity index is 2.06. The van der Waals surface area contributed by atoms with Gasteiger partial charge in [0.05, 0.1) is 0 Å². The summed E-state index contributed by atoms with van der Waals surface area (Å²) in [5, 5.41) is 0. The highest BCUT2D eigenvalue weighted by atomic mass is 14.4. The maximum Gasteiger partial charge on any atom is 0.0159 e. The van der Waals surface area contributed by atoms with Gasteiger partial charge in [-0.3, -0.25) is 0 Å². The van der Waals surface area contributed by atoms with E-state index in [1.165, 1.54) is 44.5 Å². The van der Waals surface area contributed by atoms with E-state index >= 15 is 0 Å². The van der Waals surface area contributed by atoms with E-state index < -0.39 is 0 Å². The molecule has 0 unspecified atom stereocenters. The van der Waals surface area contributed by atoms with E-state index in [1.807, 2.05) is 0 Å². The van der Waals surface area contributed by atoms with Gasteiger partial charge in [0.1, 0.15) is 0 Å². The maximum atomic E-state index is 2.42. The van der Waals surface area contributed by atoms with Crippen LogP contribution >= 0.6 is 0 Å². The Morgan fingerprint density at radius 2 is 1.30 bits per heavy atom. The number of rotatable bonds is 1. The molecule has 0 saturated heterocycles. The van der Waals surface area contributed by atoms with Gasteiger partial charge in [0.15, 0.2) is 0 Å². The van der Waals surface area contributed by atoms with Crippen LogP contribution in [-0.4, -0.2) is 0 Å². The van der Waals surface area contributed by atoms with Crippen molar-refractivity contribution in [1.82, 2.24) is 0 Å². The molecular formula is C23H22. The molecule has 0 aromatic heterocycles. The lowest BCUT2D eigenvalue weighted by molar-refractivity contribution is 0.660. The monoisotopic (exact) mass is 298 g/mol. The molecule has 0 heterocycles. The Morgan fingerprint density at radius 3 is 2.04 bits per heavy atom. The van der Waals surface area contributed by atoms with E-state index in [2.05, 4.69) is 88.4 Å².